The molecule has 0 radical (unpaired) electrons. The fraction of sp³-hybridized carbons (Fsp3) is 0.0526. The Morgan fingerprint density at radius 2 is 1.28 bits per heavy atom. The van der Waals surface area contributed by atoms with Gasteiger partial charge in [0.25, 0.3) is 0 Å². The van der Waals surface area contributed by atoms with Crippen LogP contribution in [0.3, 0.4) is 0 Å². The van der Waals surface area contributed by atoms with Crippen LogP contribution in [0.2, 0.25) is 0 Å². The Balaban J connectivity index is 1.80. The lowest BCUT2D eigenvalue weighted by molar-refractivity contribution is 0.427. The van der Waals surface area contributed by atoms with Crippen LogP contribution in [0.4, 0.5) is 0 Å². The Morgan fingerprint density at radius 3 is 1.92 bits per heavy atom. The first kappa shape index (κ1) is 14.3. The van der Waals surface area contributed by atoms with Crippen LogP contribution in [0.25, 0.3) is 49.7 Å². The van der Waals surface area contributed by atoms with Gasteiger partial charge in [-0.25, -0.2) is 0 Å². The summed E-state index contributed by atoms with van der Waals surface area (Å²) < 4.78 is 13.2. The predicted molar refractivity (Wildman–Crippen MR) is 114 cm³/mol. The summed E-state index contributed by atoms with van der Waals surface area (Å²) >= 11 is 6.85. The molecule has 0 spiro atoms. The molecule has 0 unspecified atom stereocenters. The third-order valence-electron chi connectivity index (χ3n) is 4.57. The maximum atomic E-state index is 9.87. The van der Waals surface area contributed by atoms with E-state index in [-0.39, 0.29) is 0 Å². The van der Waals surface area contributed by atoms with Gasteiger partial charge in [0, 0.05) is 52.5 Å². The van der Waals surface area contributed by atoms with Crippen molar-refractivity contribution in [3.8, 4) is 10.1 Å². The number of thiophene rings is 4. The van der Waals surface area contributed by atoms with Crippen LogP contribution in [0.5, 0.6) is 10.1 Å². The Kier molecular flexibility index (Phi) is 2.78. The molecule has 1 N–H and O–H groups in total. The van der Waals surface area contributed by atoms with Crippen LogP contribution in [0, 0.1) is 0 Å². The quantitative estimate of drug-likeness (QED) is 0.312. The first-order valence-electron chi connectivity index (χ1n) is 7.70. The molecule has 0 aliphatic heterocycles. The van der Waals surface area contributed by atoms with Crippen molar-refractivity contribution in [1.82, 2.24) is 0 Å². The number of aromatic hydroxyl groups is 1. The number of rotatable bonds is 1. The molecular weight excluding hydrogens is 388 g/mol. The smallest absolute Gasteiger partial charge is 0.174 e. The van der Waals surface area contributed by atoms with Gasteiger partial charge in [0.2, 0.25) is 0 Å². The van der Waals surface area contributed by atoms with E-state index in [9.17, 15) is 5.11 Å². The minimum absolute atomic E-state index is 0.385. The molecule has 4 aromatic heterocycles. The van der Waals surface area contributed by atoms with E-state index in [0.29, 0.717) is 5.06 Å². The molecule has 0 bridgehead atoms. The van der Waals surface area contributed by atoms with E-state index in [1.807, 2.05) is 28.7 Å². The number of hydrogen-bond acceptors (Lipinski definition) is 6. The van der Waals surface area contributed by atoms with E-state index in [1.54, 1.807) is 18.4 Å². The van der Waals surface area contributed by atoms with Crippen LogP contribution in [-0.4, -0.2) is 12.2 Å². The molecule has 0 fully saturated rings. The Morgan fingerprint density at radius 1 is 0.680 bits per heavy atom. The summed E-state index contributed by atoms with van der Waals surface area (Å²) in [4.78, 5) is 0. The maximum absolute atomic E-state index is 9.87. The molecule has 4 heterocycles. The minimum atomic E-state index is 0.385. The van der Waals surface area contributed by atoms with Crippen LogP contribution < -0.4 is 4.74 Å². The summed E-state index contributed by atoms with van der Waals surface area (Å²) in [6.45, 7) is 0. The summed E-state index contributed by atoms with van der Waals surface area (Å²) in [5.74, 6) is 0. The van der Waals surface area contributed by atoms with Crippen LogP contribution >= 0.6 is 45.3 Å². The van der Waals surface area contributed by atoms with Crippen LogP contribution in [0.1, 0.15) is 0 Å². The van der Waals surface area contributed by atoms with Gasteiger partial charge < -0.3 is 9.84 Å². The highest BCUT2D eigenvalue weighted by molar-refractivity contribution is 7.38. The van der Waals surface area contributed by atoms with Gasteiger partial charge in [-0.2, -0.15) is 0 Å². The highest BCUT2D eigenvalue weighted by Crippen LogP contribution is 2.50. The van der Waals surface area contributed by atoms with Crippen molar-refractivity contribution in [3.05, 3.63) is 36.4 Å². The lowest BCUT2D eigenvalue weighted by Crippen LogP contribution is -1.73. The van der Waals surface area contributed by atoms with E-state index >= 15 is 0 Å². The van der Waals surface area contributed by atoms with E-state index in [4.69, 9.17) is 4.74 Å². The SMILES string of the molecule is COc1cc2c(ccc3c2sc2c4ccc5sc(O)cc5c4sc32)s1. The van der Waals surface area contributed by atoms with Crippen molar-refractivity contribution in [2.24, 2.45) is 0 Å². The van der Waals surface area contributed by atoms with Crippen molar-refractivity contribution in [2.75, 3.05) is 7.11 Å². The van der Waals surface area contributed by atoms with E-state index in [0.717, 1.165) is 9.76 Å². The van der Waals surface area contributed by atoms with E-state index in [1.165, 1.54) is 56.4 Å². The lowest BCUT2D eigenvalue weighted by atomic mass is 10.2. The predicted octanol–water partition coefficient (Wildman–Crippen LogP) is 7.41. The molecule has 0 atom stereocenters. The third kappa shape index (κ3) is 1.83. The zero-order chi connectivity index (χ0) is 16.7. The largest absolute Gasteiger partial charge is 0.499 e. The van der Waals surface area contributed by atoms with E-state index in [2.05, 4.69) is 30.3 Å². The maximum Gasteiger partial charge on any atom is 0.174 e. The molecular formula is C19H10O2S4. The fourth-order valence-corrected chi connectivity index (χ4v) is 8.16. The fourth-order valence-electron chi connectivity index (χ4n) is 3.47. The van der Waals surface area contributed by atoms with Gasteiger partial charge in [-0.05, 0) is 12.1 Å². The second-order valence-electron chi connectivity index (χ2n) is 5.92. The molecule has 0 saturated heterocycles. The van der Waals surface area contributed by atoms with Gasteiger partial charge in [-0.1, -0.05) is 34.8 Å². The first-order valence-corrected chi connectivity index (χ1v) is 11.0. The van der Waals surface area contributed by atoms with Gasteiger partial charge in [0.1, 0.15) is 0 Å². The van der Waals surface area contributed by atoms with Gasteiger partial charge in [0.05, 0.1) is 16.5 Å². The molecule has 6 heteroatoms. The summed E-state index contributed by atoms with van der Waals surface area (Å²) in [6.07, 6.45) is 0. The Hall–Kier alpha value is -1.86. The highest BCUT2D eigenvalue weighted by atomic mass is 32.1. The van der Waals surface area contributed by atoms with Crippen molar-refractivity contribution in [3.63, 3.8) is 0 Å². The lowest BCUT2D eigenvalue weighted by Gasteiger charge is -1.93. The topological polar surface area (TPSA) is 29.5 Å². The molecule has 0 aliphatic carbocycles. The molecule has 6 aromatic rings. The van der Waals surface area contributed by atoms with Gasteiger partial charge in [-0.15, -0.1) is 22.7 Å². The molecule has 0 saturated carbocycles. The second-order valence-corrected chi connectivity index (χ2v) is 10.1. The van der Waals surface area contributed by atoms with Crippen molar-refractivity contribution in [2.45, 2.75) is 0 Å². The molecule has 2 aromatic carbocycles. The number of fused-ring (bicyclic) bond motifs is 9. The molecule has 25 heavy (non-hydrogen) atoms. The first-order chi connectivity index (χ1) is 12.2. The van der Waals surface area contributed by atoms with Gasteiger partial charge in [-0.3, -0.25) is 0 Å². The number of methoxy groups -OCH3 is 1. The Labute approximate surface area is 158 Å². The summed E-state index contributed by atoms with van der Waals surface area (Å²) in [6, 6.07) is 12.8. The minimum Gasteiger partial charge on any atom is -0.499 e. The monoisotopic (exact) mass is 398 g/mol. The standard InChI is InChI=1S/C19H10O2S4/c1-21-15-7-11-13(23-15)5-3-9-17(11)25-18-8-2-4-12-10(6-14(20)22-12)16(8)24-19(9)18/h2-7,20H,1H3. The summed E-state index contributed by atoms with van der Waals surface area (Å²) in [5, 5.41) is 16.3. The number of benzene rings is 2. The van der Waals surface area contributed by atoms with Crippen LogP contribution in [-0.2, 0) is 0 Å². The molecule has 6 rings (SSSR count). The average molecular weight is 399 g/mol. The van der Waals surface area contributed by atoms with Crippen LogP contribution in [0.15, 0.2) is 36.4 Å². The summed E-state index contributed by atoms with van der Waals surface area (Å²) in [5.41, 5.74) is 0. The average Bonchev–Trinajstić information content (AvgIpc) is 3.32. The van der Waals surface area contributed by atoms with Gasteiger partial charge >= 0.3 is 0 Å². The highest BCUT2D eigenvalue weighted by Gasteiger charge is 2.17. The molecule has 0 amide bonds. The second kappa shape index (κ2) is 4.86. The van der Waals surface area contributed by atoms with E-state index < -0.39 is 0 Å². The Bertz CT molecular complexity index is 1440. The zero-order valence-corrected chi connectivity index (χ0v) is 16.2. The molecule has 2 nitrogen and oxygen atoms in total. The zero-order valence-electron chi connectivity index (χ0n) is 13.0. The van der Waals surface area contributed by atoms with Crippen molar-refractivity contribution in [1.29, 1.82) is 0 Å². The van der Waals surface area contributed by atoms with Crippen molar-refractivity contribution >= 4 is 95.1 Å². The normalized spacial score (nSPS) is 12.4. The van der Waals surface area contributed by atoms with Crippen molar-refractivity contribution < 1.29 is 9.84 Å². The number of hydrogen-bond donors (Lipinski definition) is 1. The molecule has 0 aliphatic rings. The summed E-state index contributed by atoms with van der Waals surface area (Å²) in [7, 11) is 1.73. The third-order valence-corrected chi connectivity index (χ3v) is 9.21. The number of ether oxygens (including phenoxy) is 1. The molecule has 122 valence electrons. The van der Waals surface area contributed by atoms with Gasteiger partial charge in [0.15, 0.2) is 10.1 Å².